The van der Waals surface area contributed by atoms with Crippen LogP contribution in [0.2, 0.25) is 0 Å². The lowest BCUT2D eigenvalue weighted by molar-refractivity contribution is 0.466. The third-order valence-electron chi connectivity index (χ3n) is 4.20. The predicted molar refractivity (Wildman–Crippen MR) is 73.8 cm³/mol. The number of benzene rings is 1. The van der Waals surface area contributed by atoms with Crippen LogP contribution >= 0.6 is 0 Å². The molecular weight excluding hydrogens is 298 g/mol. The monoisotopic (exact) mass is 316 g/mol. The van der Waals surface area contributed by atoms with Crippen LogP contribution in [0.15, 0.2) is 17.0 Å². The summed E-state index contributed by atoms with van der Waals surface area (Å²) >= 11 is 0. The van der Waals surface area contributed by atoms with Gasteiger partial charge < -0.3 is 5.73 Å². The number of sulfonamides is 1. The van der Waals surface area contributed by atoms with E-state index in [4.69, 9.17) is 5.73 Å². The zero-order valence-electron chi connectivity index (χ0n) is 11.5. The molecule has 0 bridgehead atoms. The summed E-state index contributed by atoms with van der Waals surface area (Å²) in [5, 5.41) is 0. The van der Waals surface area contributed by atoms with Gasteiger partial charge in [0.15, 0.2) is 5.82 Å². The van der Waals surface area contributed by atoms with E-state index in [1.807, 2.05) is 0 Å². The van der Waals surface area contributed by atoms with Gasteiger partial charge in [-0.1, -0.05) is 0 Å². The van der Waals surface area contributed by atoms with Crippen molar-refractivity contribution >= 4 is 10.0 Å². The summed E-state index contributed by atoms with van der Waals surface area (Å²) < 4.78 is 55.0. The molecule has 1 aromatic rings. The van der Waals surface area contributed by atoms with E-state index in [1.54, 1.807) is 0 Å². The van der Waals surface area contributed by atoms with E-state index in [1.165, 1.54) is 0 Å². The lowest BCUT2D eigenvalue weighted by atomic mass is 10.1. The van der Waals surface area contributed by atoms with Crippen molar-refractivity contribution in [3.05, 3.63) is 29.3 Å². The molecule has 1 aromatic carbocycles. The average Bonchev–Trinajstić information content (AvgIpc) is 3.27. The van der Waals surface area contributed by atoms with Gasteiger partial charge in [0, 0.05) is 18.2 Å². The summed E-state index contributed by atoms with van der Waals surface area (Å²) in [5.74, 6) is -1.21. The first-order valence-corrected chi connectivity index (χ1v) is 8.61. The molecule has 3 N–H and O–H groups in total. The third-order valence-corrected chi connectivity index (χ3v) is 5.67. The number of halogens is 2. The Kier molecular flexibility index (Phi) is 3.75. The Bertz CT molecular complexity index is 643. The molecule has 2 saturated carbocycles. The van der Waals surface area contributed by atoms with E-state index in [0.717, 1.165) is 37.8 Å². The van der Waals surface area contributed by atoms with E-state index < -0.39 is 32.1 Å². The molecule has 0 saturated heterocycles. The largest absolute Gasteiger partial charge is 0.326 e. The summed E-state index contributed by atoms with van der Waals surface area (Å²) in [6.07, 6.45) is 4.01. The minimum absolute atomic E-state index is 0.124. The molecule has 2 fully saturated rings. The zero-order chi connectivity index (χ0) is 15.2. The van der Waals surface area contributed by atoms with Crippen LogP contribution in [0.5, 0.6) is 0 Å². The van der Waals surface area contributed by atoms with Crippen LogP contribution in [0.3, 0.4) is 0 Å². The first kappa shape index (κ1) is 14.9. The predicted octanol–water partition coefficient (Wildman–Crippen LogP) is 1.89. The van der Waals surface area contributed by atoms with Crippen molar-refractivity contribution in [3.8, 4) is 0 Å². The Morgan fingerprint density at radius 3 is 2.24 bits per heavy atom. The summed E-state index contributed by atoms with van der Waals surface area (Å²) in [7, 11) is -4.00. The first-order valence-electron chi connectivity index (χ1n) is 7.13. The van der Waals surface area contributed by atoms with E-state index in [0.29, 0.717) is 11.8 Å². The maximum absolute atomic E-state index is 14.2. The Labute approximate surface area is 122 Å². The minimum atomic E-state index is -4.00. The number of hydrogen-bond acceptors (Lipinski definition) is 3. The summed E-state index contributed by atoms with van der Waals surface area (Å²) in [5.41, 5.74) is 4.89. The number of hydrogen-bond donors (Lipinski definition) is 2. The second-order valence-corrected chi connectivity index (χ2v) is 7.55. The highest BCUT2D eigenvalue weighted by Crippen LogP contribution is 2.45. The van der Waals surface area contributed by atoms with Gasteiger partial charge in [-0.25, -0.2) is 21.9 Å². The van der Waals surface area contributed by atoms with Crippen LogP contribution in [0.1, 0.15) is 31.2 Å². The van der Waals surface area contributed by atoms with Crippen molar-refractivity contribution in [3.63, 3.8) is 0 Å². The van der Waals surface area contributed by atoms with Crippen molar-refractivity contribution in [2.24, 2.45) is 17.6 Å². The maximum Gasteiger partial charge on any atom is 0.243 e. The molecule has 0 radical (unpaired) electrons. The van der Waals surface area contributed by atoms with Gasteiger partial charge >= 0.3 is 0 Å². The van der Waals surface area contributed by atoms with E-state index >= 15 is 0 Å². The zero-order valence-corrected chi connectivity index (χ0v) is 12.3. The van der Waals surface area contributed by atoms with E-state index in [-0.39, 0.29) is 12.6 Å². The number of nitrogens with two attached hydrogens (primary N) is 1. The lowest BCUT2D eigenvalue weighted by Crippen LogP contribution is -2.38. The second kappa shape index (κ2) is 5.30. The van der Waals surface area contributed by atoms with Gasteiger partial charge in [0.25, 0.3) is 0 Å². The molecule has 2 aliphatic rings. The molecule has 4 nitrogen and oxygen atoms in total. The van der Waals surface area contributed by atoms with Crippen molar-refractivity contribution < 1.29 is 17.2 Å². The Balaban J connectivity index is 1.90. The molecule has 116 valence electrons. The van der Waals surface area contributed by atoms with Gasteiger partial charge in [0.2, 0.25) is 10.0 Å². The van der Waals surface area contributed by atoms with Crippen molar-refractivity contribution in [1.29, 1.82) is 0 Å². The molecule has 21 heavy (non-hydrogen) atoms. The fourth-order valence-electron chi connectivity index (χ4n) is 2.70. The van der Waals surface area contributed by atoms with E-state index in [9.17, 15) is 17.2 Å². The molecule has 0 heterocycles. The molecular formula is C14H18F2N2O2S. The van der Waals surface area contributed by atoms with Crippen molar-refractivity contribution in [1.82, 2.24) is 4.72 Å². The Morgan fingerprint density at radius 2 is 1.76 bits per heavy atom. The van der Waals surface area contributed by atoms with Gasteiger partial charge in [-0.15, -0.1) is 0 Å². The normalized spacial score (nSPS) is 19.2. The highest BCUT2D eigenvalue weighted by atomic mass is 32.2. The van der Waals surface area contributed by atoms with Crippen molar-refractivity contribution in [2.75, 3.05) is 0 Å². The molecule has 0 spiro atoms. The molecule has 7 heteroatoms. The van der Waals surface area contributed by atoms with Gasteiger partial charge in [0.05, 0.1) is 0 Å². The molecule has 0 aromatic heterocycles. The van der Waals surface area contributed by atoms with Crippen LogP contribution in [0, 0.1) is 23.5 Å². The van der Waals surface area contributed by atoms with Crippen LogP contribution < -0.4 is 10.5 Å². The lowest BCUT2D eigenvalue weighted by Gasteiger charge is -2.18. The third kappa shape index (κ3) is 2.95. The van der Waals surface area contributed by atoms with Crippen molar-refractivity contribution in [2.45, 2.75) is 43.2 Å². The topological polar surface area (TPSA) is 72.2 Å². The highest BCUT2D eigenvalue weighted by molar-refractivity contribution is 7.89. The molecule has 0 atom stereocenters. The fourth-order valence-corrected chi connectivity index (χ4v) is 4.18. The van der Waals surface area contributed by atoms with E-state index in [2.05, 4.69) is 4.72 Å². The standard InChI is InChI=1S/C14H18F2N2O2S/c15-11-5-6-12(13(16)10(11)7-17)21(19,20)18-14(8-1-2-8)9-3-4-9/h5-6,8-9,14,18H,1-4,7,17H2. The fraction of sp³-hybridized carbons (Fsp3) is 0.571. The van der Waals surface area contributed by atoms with Gasteiger partial charge in [0.1, 0.15) is 10.7 Å². The quantitative estimate of drug-likeness (QED) is 0.842. The van der Waals surface area contributed by atoms with Gasteiger partial charge in [-0.05, 0) is 49.7 Å². The SMILES string of the molecule is NCc1c(F)ccc(S(=O)(=O)NC(C2CC2)C2CC2)c1F. The Morgan fingerprint density at radius 1 is 1.19 bits per heavy atom. The average molecular weight is 316 g/mol. The number of nitrogens with one attached hydrogen (secondary N) is 1. The number of rotatable bonds is 6. The Hall–Kier alpha value is -1.05. The molecule has 0 unspecified atom stereocenters. The highest BCUT2D eigenvalue weighted by Gasteiger charge is 2.43. The maximum atomic E-state index is 14.2. The second-order valence-electron chi connectivity index (χ2n) is 5.86. The minimum Gasteiger partial charge on any atom is -0.326 e. The van der Waals surface area contributed by atoms with Gasteiger partial charge in [-0.3, -0.25) is 0 Å². The molecule has 3 rings (SSSR count). The van der Waals surface area contributed by atoms with Crippen LogP contribution in [-0.4, -0.2) is 14.5 Å². The van der Waals surface area contributed by atoms with Crippen LogP contribution in [-0.2, 0) is 16.6 Å². The van der Waals surface area contributed by atoms with Crippen LogP contribution in [0.4, 0.5) is 8.78 Å². The summed E-state index contributed by atoms with van der Waals surface area (Å²) in [6, 6.07) is 1.78. The first-order chi connectivity index (χ1) is 9.94. The molecule has 2 aliphatic carbocycles. The molecule has 0 amide bonds. The van der Waals surface area contributed by atoms with Crippen LogP contribution in [0.25, 0.3) is 0 Å². The smallest absolute Gasteiger partial charge is 0.243 e. The van der Waals surface area contributed by atoms with Gasteiger partial charge in [-0.2, -0.15) is 0 Å². The summed E-state index contributed by atoms with van der Waals surface area (Å²) in [6.45, 7) is -0.379. The summed E-state index contributed by atoms with van der Waals surface area (Å²) in [4.78, 5) is -0.518. The molecule has 0 aliphatic heterocycles.